The Morgan fingerprint density at radius 1 is 0.297 bits per heavy atom. The molecule has 17 unspecified atom stereocenters. The van der Waals surface area contributed by atoms with E-state index in [9.17, 15) is 61.0 Å². The zero-order valence-corrected chi connectivity index (χ0v) is 75.7. The van der Waals surface area contributed by atoms with Crippen LogP contribution in [-0.2, 0) is 33.2 Å². The zero-order valence-electron chi connectivity index (χ0n) is 75.7. The summed E-state index contributed by atoms with van der Waals surface area (Å²) in [7, 11) is 0. The van der Waals surface area contributed by atoms with Crippen LogP contribution in [0.5, 0.6) is 0 Å². The van der Waals surface area contributed by atoms with E-state index in [1.807, 2.05) is 6.08 Å². The van der Waals surface area contributed by atoms with Gasteiger partial charge in [-0.1, -0.05) is 442 Å². The number of hydrogen-bond acceptors (Lipinski definition) is 18. The summed E-state index contributed by atoms with van der Waals surface area (Å²) in [6, 6.07) is -0.998. The normalized spacial score (nSPS) is 24.4. The van der Waals surface area contributed by atoms with Gasteiger partial charge < -0.3 is 89.9 Å². The molecule has 0 aliphatic carbocycles. The van der Waals surface area contributed by atoms with Gasteiger partial charge in [0.05, 0.1) is 38.6 Å². The minimum atomic E-state index is -1.98. The molecule has 696 valence electrons. The number of unbranched alkanes of at least 4 members (excludes halogenated alkanes) is 64. The molecular formula is C99H187NO18. The van der Waals surface area contributed by atoms with E-state index in [2.05, 4.69) is 43.5 Å². The number of rotatable bonds is 84. The molecule has 0 saturated carbocycles. The fraction of sp³-hybridized carbons (Fsp3) is 0.929. The molecule has 0 spiro atoms. The molecule has 19 heteroatoms. The summed E-state index contributed by atoms with van der Waals surface area (Å²) in [4.78, 5) is 13.5. The van der Waals surface area contributed by atoms with Crippen LogP contribution in [0.25, 0.3) is 0 Å². The molecule has 0 radical (unpaired) electrons. The highest BCUT2D eigenvalue weighted by atomic mass is 16.8. The Morgan fingerprint density at radius 3 is 0.847 bits per heavy atom. The van der Waals surface area contributed by atoms with Crippen molar-refractivity contribution in [3.8, 4) is 0 Å². The molecule has 0 aromatic heterocycles. The maximum absolute atomic E-state index is 13.5. The van der Waals surface area contributed by atoms with E-state index < -0.39 is 124 Å². The van der Waals surface area contributed by atoms with Gasteiger partial charge in [0, 0.05) is 6.42 Å². The Morgan fingerprint density at radius 2 is 0.542 bits per heavy atom. The van der Waals surface area contributed by atoms with Gasteiger partial charge in [0.15, 0.2) is 18.9 Å². The Hall–Kier alpha value is -1.99. The average Bonchev–Trinajstić information content (AvgIpc) is 0.783. The molecule has 0 bridgehead atoms. The number of hydrogen-bond donors (Lipinski definition) is 12. The van der Waals surface area contributed by atoms with Gasteiger partial charge in [-0.15, -0.1) is 0 Å². The van der Waals surface area contributed by atoms with Crippen LogP contribution in [0.4, 0.5) is 0 Å². The van der Waals surface area contributed by atoms with Crippen LogP contribution >= 0.6 is 0 Å². The van der Waals surface area contributed by atoms with E-state index in [-0.39, 0.29) is 18.9 Å². The van der Waals surface area contributed by atoms with E-state index in [0.29, 0.717) is 12.8 Å². The van der Waals surface area contributed by atoms with Crippen LogP contribution in [-0.4, -0.2) is 193 Å². The summed E-state index contributed by atoms with van der Waals surface area (Å²) in [5.74, 6) is -0.280. The van der Waals surface area contributed by atoms with Crippen molar-refractivity contribution in [3.05, 3.63) is 36.5 Å². The van der Waals surface area contributed by atoms with E-state index in [0.717, 1.165) is 44.9 Å². The fourth-order valence-electron chi connectivity index (χ4n) is 17.2. The number of aliphatic hydroxyl groups excluding tert-OH is 11. The van der Waals surface area contributed by atoms with Crippen molar-refractivity contribution in [3.63, 3.8) is 0 Å². The first-order valence-corrected chi connectivity index (χ1v) is 50.2. The second-order valence-corrected chi connectivity index (χ2v) is 35.9. The van der Waals surface area contributed by atoms with Crippen LogP contribution in [0.2, 0.25) is 0 Å². The third kappa shape index (κ3) is 55.5. The molecular weight excluding hydrogens is 1490 g/mol. The largest absolute Gasteiger partial charge is 0.394 e. The second-order valence-electron chi connectivity index (χ2n) is 35.9. The minimum absolute atomic E-state index is 0.237. The van der Waals surface area contributed by atoms with Gasteiger partial charge in [0.2, 0.25) is 5.91 Å². The molecule has 3 aliphatic rings. The molecule has 118 heavy (non-hydrogen) atoms. The van der Waals surface area contributed by atoms with Crippen LogP contribution in [0, 0.1) is 0 Å². The third-order valence-corrected chi connectivity index (χ3v) is 25.2. The number of amides is 1. The summed E-state index contributed by atoms with van der Waals surface area (Å²) >= 11 is 0. The van der Waals surface area contributed by atoms with Gasteiger partial charge in [0.25, 0.3) is 0 Å². The number of ether oxygens (including phenoxy) is 6. The summed E-state index contributed by atoms with van der Waals surface area (Å²) in [5.41, 5.74) is 0. The maximum Gasteiger partial charge on any atom is 0.220 e. The first-order chi connectivity index (χ1) is 57.8. The van der Waals surface area contributed by atoms with Crippen molar-refractivity contribution in [2.24, 2.45) is 0 Å². The number of carbonyl (C=O) groups is 1. The first kappa shape index (κ1) is 110. The quantitative estimate of drug-likeness (QED) is 0.0199. The lowest BCUT2D eigenvalue weighted by molar-refractivity contribution is -0.379. The predicted molar refractivity (Wildman–Crippen MR) is 480 cm³/mol. The highest BCUT2D eigenvalue weighted by Gasteiger charge is 2.54. The van der Waals surface area contributed by atoms with E-state index in [1.165, 1.54) is 379 Å². The van der Waals surface area contributed by atoms with Crippen LogP contribution in [0.15, 0.2) is 36.5 Å². The molecule has 3 aliphatic heterocycles. The number of allylic oxidation sites excluding steroid dienone is 5. The third-order valence-electron chi connectivity index (χ3n) is 25.2. The Bertz CT molecular complexity index is 2260. The Labute approximate surface area is 721 Å². The smallest absolute Gasteiger partial charge is 0.220 e. The SMILES string of the molecule is CCCCCCCCCCCCCCCCCCCCCCCCC/C=C/CC/C=C/CC/C=C/C(O)C(COC1OC(CO)C(OC2OC(CO)C(OC3OC(CO)C(O)C(O)C3O)C(O)C2O)C(O)C1O)NC(=O)CCCCCCCCCCCCCCCCCCCCCCCCCCCCCCCCCCCCCCCCCC. The minimum Gasteiger partial charge on any atom is -0.394 e. The van der Waals surface area contributed by atoms with Gasteiger partial charge >= 0.3 is 0 Å². The molecule has 3 heterocycles. The maximum atomic E-state index is 13.5. The van der Waals surface area contributed by atoms with Crippen molar-refractivity contribution >= 4 is 5.91 Å². The van der Waals surface area contributed by atoms with Gasteiger partial charge in [0.1, 0.15) is 73.2 Å². The van der Waals surface area contributed by atoms with E-state index >= 15 is 0 Å². The summed E-state index contributed by atoms with van der Waals surface area (Å²) < 4.78 is 34.6. The van der Waals surface area contributed by atoms with Crippen LogP contribution in [0.3, 0.4) is 0 Å². The summed E-state index contributed by atoms with van der Waals surface area (Å²) in [6.45, 7) is 1.80. The monoisotopic (exact) mass is 1680 g/mol. The molecule has 3 fully saturated rings. The molecule has 19 nitrogen and oxygen atoms in total. The van der Waals surface area contributed by atoms with Crippen molar-refractivity contribution in [1.29, 1.82) is 0 Å². The van der Waals surface area contributed by atoms with Gasteiger partial charge in [-0.05, 0) is 44.9 Å². The fourth-order valence-corrected chi connectivity index (χ4v) is 17.2. The standard InChI is InChI=1S/C99H187NO18/c1-3-5-7-9-11-13-15-17-19-21-23-25-27-29-31-33-35-37-38-39-40-41-42-43-45-47-49-51-53-55-57-59-61-63-65-67-69-71-73-75-77-87(105)100-82(83(104)76-74-72-70-68-66-64-62-60-58-56-54-52-50-48-46-44-36-34-32-30-28-26-24-22-20-18-16-14-12-10-8-6-4-2)81-113-97-93(111)90(108)95(85(79-102)115-97)118-99-94(112)91(109)96(86(80-103)116-99)117-98-92(110)89(107)88(106)84(78-101)114-98/h58,60,66,68,74,76,82-86,88-99,101-104,106-112H,3-57,59,61-65,67,69-73,75,77-81H2,1-2H3,(H,100,105)/b60-58+,68-66+,76-74+. The summed E-state index contributed by atoms with van der Waals surface area (Å²) in [5, 5.41) is 121. The summed E-state index contributed by atoms with van der Waals surface area (Å²) in [6.07, 6.45) is 76.4. The molecule has 17 atom stereocenters. The van der Waals surface area contributed by atoms with E-state index in [4.69, 9.17) is 28.4 Å². The lowest BCUT2D eigenvalue weighted by Gasteiger charge is -2.48. The Kier molecular flexibility index (Phi) is 73.3. The van der Waals surface area contributed by atoms with Crippen LogP contribution < -0.4 is 5.32 Å². The first-order valence-electron chi connectivity index (χ1n) is 50.2. The highest BCUT2D eigenvalue weighted by Crippen LogP contribution is 2.34. The molecule has 3 rings (SSSR count). The topological polar surface area (TPSA) is 307 Å². The lowest BCUT2D eigenvalue weighted by atomic mass is 9.96. The van der Waals surface area contributed by atoms with Crippen molar-refractivity contribution < 1.29 is 89.4 Å². The molecule has 0 aromatic rings. The number of nitrogens with one attached hydrogen (secondary N) is 1. The van der Waals surface area contributed by atoms with Crippen molar-refractivity contribution in [2.75, 3.05) is 26.4 Å². The molecule has 0 aromatic carbocycles. The average molecular weight is 1680 g/mol. The van der Waals surface area contributed by atoms with E-state index in [1.54, 1.807) is 6.08 Å². The Balaban J connectivity index is 1.29. The highest BCUT2D eigenvalue weighted by molar-refractivity contribution is 5.76. The molecule has 1 amide bonds. The van der Waals surface area contributed by atoms with Crippen LogP contribution in [0.1, 0.15) is 457 Å². The zero-order chi connectivity index (χ0) is 85.2. The lowest BCUT2D eigenvalue weighted by Crippen LogP contribution is -2.66. The number of aliphatic hydroxyl groups is 11. The number of carbonyl (C=O) groups excluding carboxylic acids is 1. The van der Waals surface area contributed by atoms with Crippen molar-refractivity contribution in [1.82, 2.24) is 5.32 Å². The van der Waals surface area contributed by atoms with Gasteiger partial charge in [-0.3, -0.25) is 4.79 Å². The molecule has 12 N–H and O–H groups in total. The second kappa shape index (κ2) is 78.5. The van der Waals surface area contributed by atoms with Gasteiger partial charge in [-0.25, -0.2) is 0 Å². The predicted octanol–water partition coefficient (Wildman–Crippen LogP) is 20.9. The van der Waals surface area contributed by atoms with Crippen molar-refractivity contribution in [2.45, 2.75) is 561 Å². The van der Waals surface area contributed by atoms with Gasteiger partial charge in [-0.2, -0.15) is 0 Å². The molecule has 3 saturated heterocycles.